The maximum atomic E-state index is 8.77. The van der Waals surface area contributed by atoms with Crippen molar-refractivity contribution in [1.82, 2.24) is 14.8 Å². The molecule has 0 radical (unpaired) electrons. The van der Waals surface area contributed by atoms with Gasteiger partial charge in [-0.25, -0.2) is 0 Å². The monoisotopic (exact) mass is 260 g/mol. The highest BCUT2D eigenvalue weighted by Gasteiger charge is 2.02. The van der Waals surface area contributed by atoms with Crippen LogP contribution in [0.15, 0.2) is 61.1 Å². The van der Waals surface area contributed by atoms with Gasteiger partial charge in [0.25, 0.3) is 0 Å². The van der Waals surface area contributed by atoms with Crippen LogP contribution < -0.4 is 0 Å². The molecule has 2 heterocycles. The molecule has 0 atom stereocenters. The molecule has 2 aromatic heterocycles. The molecule has 0 fully saturated rings. The molecule has 0 N–H and O–H groups in total. The first kappa shape index (κ1) is 12.1. The number of nitrogens with zero attached hydrogens (tertiary/aromatic N) is 4. The zero-order chi connectivity index (χ0) is 13.8. The molecular formula is C16H12N4. The standard InChI is InChI=1S/C16H12N4/c17-11-13-1-3-14(4-2-13)12-20-10-7-16(19-20)15-5-8-18-9-6-15/h1-10H,12H2. The van der Waals surface area contributed by atoms with E-state index in [2.05, 4.69) is 16.2 Å². The van der Waals surface area contributed by atoms with Crippen molar-refractivity contribution < 1.29 is 0 Å². The number of benzene rings is 1. The van der Waals surface area contributed by atoms with Gasteiger partial charge in [0, 0.05) is 24.2 Å². The van der Waals surface area contributed by atoms with Gasteiger partial charge in [-0.2, -0.15) is 10.4 Å². The average molecular weight is 260 g/mol. The van der Waals surface area contributed by atoms with Gasteiger partial charge in [-0.15, -0.1) is 0 Å². The second-order valence-corrected chi connectivity index (χ2v) is 4.44. The van der Waals surface area contributed by atoms with Crippen molar-refractivity contribution in [1.29, 1.82) is 5.26 Å². The summed E-state index contributed by atoms with van der Waals surface area (Å²) in [5.41, 5.74) is 3.78. The smallest absolute Gasteiger partial charge is 0.0991 e. The summed E-state index contributed by atoms with van der Waals surface area (Å²) in [5, 5.41) is 13.3. The second-order valence-electron chi connectivity index (χ2n) is 4.44. The third kappa shape index (κ3) is 2.57. The van der Waals surface area contributed by atoms with Crippen LogP contribution in [0.3, 0.4) is 0 Å². The first-order valence-corrected chi connectivity index (χ1v) is 6.28. The van der Waals surface area contributed by atoms with E-state index in [1.807, 2.05) is 53.3 Å². The van der Waals surface area contributed by atoms with E-state index >= 15 is 0 Å². The zero-order valence-electron chi connectivity index (χ0n) is 10.8. The first-order chi connectivity index (χ1) is 9.85. The Labute approximate surface area is 116 Å². The second kappa shape index (κ2) is 5.37. The summed E-state index contributed by atoms with van der Waals surface area (Å²) in [6.45, 7) is 0.691. The molecule has 3 aromatic rings. The van der Waals surface area contributed by atoms with Crippen LogP contribution in [0.1, 0.15) is 11.1 Å². The van der Waals surface area contributed by atoms with Crippen LogP contribution in [0, 0.1) is 11.3 Å². The fourth-order valence-corrected chi connectivity index (χ4v) is 2.00. The number of pyridine rings is 1. The Morgan fingerprint density at radius 3 is 2.45 bits per heavy atom. The molecule has 0 saturated carbocycles. The molecule has 0 saturated heterocycles. The average Bonchev–Trinajstić information content (AvgIpc) is 2.97. The number of rotatable bonds is 3. The molecule has 1 aromatic carbocycles. The van der Waals surface area contributed by atoms with E-state index in [0.717, 1.165) is 16.8 Å². The highest BCUT2D eigenvalue weighted by atomic mass is 15.3. The van der Waals surface area contributed by atoms with E-state index in [1.54, 1.807) is 12.4 Å². The van der Waals surface area contributed by atoms with E-state index in [9.17, 15) is 0 Å². The molecular weight excluding hydrogens is 248 g/mol. The predicted octanol–water partition coefficient (Wildman–Crippen LogP) is 2.87. The van der Waals surface area contributed by atoms with Gasteiger partial charge in [0.15, 0.2) is 0 Å². The third-order valence-corrected chi connectivity index (χ3v) is 3.04. The third-order valence-electron chi connectivity index (χ3n) is 3.04. The fraction of sp³-hybridized carbons (Fsp3) is 0.0625. The van der Waals surface area contributed by atoms with E-state index in [4.69, 9.17) is 5.26 Å². The lowest BCUT2D eigenvalue weighted by Gasteiger charge is -2.02. The van der Waals surface area contributed by atoms with Crippen molar-refractivity contribution in [3.63, 3.8) is 0 Å². The summed E-state index contributed by atoms with van der Waals surface area (Å²) < 4.78 is 1.89. The largest absolute Gasteiger partial charge is 0.268 e. The highest BCUT2D eigenvalue weighted by Crippen LogP contribution is 2.15. The predicted molar refractivity (Wildman–Crippen MR) is 75.7 cm³/mol. The van der Waals surface area contributed by atoms with Gasteiger partial charge in [-0.3, -0.25) is 9.67 Å². The molecule has 0 unspecified atom stereocenters. The van der Waals surface area contributed by atoms with Gasteiger partial charge < -0.3 is 0 Å². The summed E-state index contributed by atoms with van der Waals surface area (Å²) in [4.78, 5) is 4.00. The van der Waals surface area contributed by atoms with Gasteiger partial charge >= 0.3 is 0 Å². The Morgan fingerprint density at radius 1 is 1.00 bits per heavy atom. The fourth-order valence-electron chi connectivity index (χ4n) is 2.00. The quantitative estimate of drug-likeness (QED) is 0.727. The summed E-state index contributed by atoms with van der Waals surface area (Å²) >= 11 is 0. The molecule has 0 amide bonds. The summed E-state index contributed by atoms with van der Waals surface area (Å²) in [6.07, 6.45) is 5.47. The van der Waals surface area contributed by atoms with Gasteiger partial charge in [0.05, 0.1) is 23.9 Å². The molecule has 0 bridgehead atoms. The van der Waals surface area contributed by atoms with Crippen LogP contribution in [-0.4, -0.2) is 14.8 Å². The summed E-state index contributed by atoms with van der Waals surface area (Å²) in [7, 11) is 0. The van der Waals surface area contributed by atoms with Crippen molar-refractivity contribution in [2.45, 2.75) is 6.54 Å². The Kier molecular flexibility index (Phi) is 3.25. The normalized spacial score (nSPS) is 10.2. The number of aromatic nitrogens is 3. The van der Waals surface area contributed by atoms with E-state index in [1.165, 1.54) is 0 Å². The molecule has 0 aliphatic carbocycles. The van der Waals surface area contributed by atoms with Crippen LogP contribution in [0.25, 0.3) is 11.3 Å². The molecule has 0 aliphatic rings. The van der Waals surface area contributed by atoms with Gasteiger partial charge in [0.2, 0.25) is 0 Å². The maximum Gasteiger partial charge on any atom is 0.0991 e. The van der Waals surface area contributed by atoms with Crippen LogP contribution in [0.2, 0.25) is 0 Å². The number of hydrogen-bond acceptors (Lipinski definition) is 3. The summed E-state index contributed by atoms with van der Waals surface area (Å²) in [5.74, 6) is 0. The van der Waals surface area contributed by atoms with Crippen LogP contribution >= 0.6 is 0 Å². The molecule has 0 spiro atoms. The van der Waals surface area contributed by atoms with Crippen molar-refractivity contribution in [3.8, 4) is 17.3 Å². The SMILES string of the molecule is N#Cc1ccc(Cn2ccc(-c3ccncc3)n2)cc1. The van der Waals surface area contributed by atoms with Crippen LogP contribution in [0.4, 0.5) is 0 Å². The minimum atomic E-state index is 0.673. The molecule has 4 heteroatoms. The lowest BCUT2D eigenvalue weighted by atomic mass is 10.1. The maximum absolute atomic E-state index is 8.77. The lowest BCUT2D eigenvalue weighted by Crippen LogP contribution is -2.00. The van der Waals surface area contributed by atoms with E-state index in [0.29, 0.717) is 12.1 Å². The minimum Gasteiger partial charge on any atom is -0.268 e. The topological polar surface area (TPSA) is 54.5 Å². The van der Waals surface area contributed by atoms with Crippen molar-refractivity contribution in [3.05, 3.63) is 72.2 Å². The molecule has 3 rings (SSSR count). The number of nitriles is 1. The molecule has 4 nitrogen and oxygen atoms in total. The number of hydrogen-bond donors (Lipinski definition) is 0. The molecule has 0 aliphatic heterocycles. The Morgan fingerprint density at radius 2 is 1.75 bits per heavy atom. The van der Waals surface area contributed by atoms with Crippen molar-refractivity contribution in [2.75, 3.05) is 0 Å². The first-order valence-electron chi connectivity index (χ1n) is 6.28. The summed E-state index contributed by atoms with van der Waals surface area (Å²) in [6, 6.07) is 15.5. The van der Waals surface area contributed by atoms with Crippen molar-refractivity contribution in [2.24, 2.45) is 0 Å². The molecule has 20 heavy (non-hydrogen) atoms. The van der Waals surface area contributed by atoms with Gasteiger partial charge in [0.1, 0.15) is 0 Å². The highest BCUT2D eigenvalue weighted by molar-refractivity contribution is 5.57. The zero-order valence-corrected chi connectivity index (χ0v) is 10.8. The van der Waals surface area contributed by atoms with Crippen molar-refractivity contribution >= 4 is 0 Å². The van der Waals surface area contributed by atoms with Crippen LogP contribution in [-0.2, 0) is 6.54 Å². The van der Waals surface area contributed by atoms with E-state index in [-0.39, 0.29) is 0 Å². The van der Waals surface area contributed by atoms with E-state index < -0.39 is 0 Å². The minimum absolute atomic E-state index is 0.673. The Balaban J connectivity index is 1.79. The van der Waals surface area contributed by atoms with Crippen LogP contribution in [0.5, 0.6) is 0 Å². The Bertz CT molecular complexity index is 736. The Hall–Kier alpha value is -2.93. The van der Waals surface area contributed by atoms with Gasteiger partial charge in [-0.05, 0) is 35.9 Å². The molecule has 96 valence electrons. The lowest BCUT2D eigenvalue weighted by molar-refractivity contribution is 0.689. The van der Waals surface area contributed by atoms with Gasteiger partial charge in [-0.1, -0.05) is 12.1 Å².